The number of nitrogens with zero attached hydrogens (tertiary/aromatic N) is 2. The van der Waals surface area contributed by atoms with E-state index in [1.165, 1.54) is 42.6 Å². The monoisotopic (exact) mass is 366 g/mol. The van der Waals surface area contributed by atoms with Crippen molar-refractivity contribution in [1.82, 2.24) is 10.2 Å². The molecular formula is C16H10Cl2F2N4. The van der Waals surface area contributed by atoms with Crippen LogP contribution >= 0.6 is 23.2 Å². The Kier molecular flexibility index (Phi) is 4.51. The summed E-state index contributed by atoms with van der Waals surface area (Å²) in [6.45, 7) is 0. The number of aromatic nitrogens is 2. The lowest BCUT2D eigenvalue weighted by Gasteiger charge is -2.15. The third-order valence-electron chi connectivity index (χ3n) is 3.29. The van der Waals surface area contributed by atoms with Crippen LogP contribution in [0.3, 0.4) is 0 Å². The van der Waals surface area contributed by atoms with Crippen molar-refractivity contribution in [2.45, 2.75) is 0 Å². The molecule has 0 aliphatic heterocycles. The Bertz CT molecular complexity index is 919. The second-order valence-electron chi connectivity index (χ2n) is 4.90. The topological polar surface area (TPSA) is 63.8 Å². The van der Waals surface area contributed by atoms with Crippen LogP contribution in [-0.4, -0.2) is 10.2 Å². The molecule has 8 heteroatoms. The number of nitrogen functional groups attached to an aromatic ring is 1. The Morgan fingerprint density at radius 3 is 2.38 bits per heavy atom. The summed E-state index contributed by atoms with van der Waals surface area (Å²) >= 11 is 12.3. The summed E-state index contributed by atoms with van der Waals surface area (Å²) in [6.07, 6.45) is 1.42. The molecule has 2 aromatic carbocycles. The molecule has 0 saturated heterocycles. The van der Waals surface area contributed by atoms with Gasteiger partial charge in [0.15, 0.2) is 5.15 Å². The number of nitrogens with one attached hydrogen (secondary N) is 1. The minimum Gasteiger partial charge on any atom is -0.397 e. The van der Waals surface area contributed by atoms with Crippen molar-refractivity contribution in [2.75, 3.05) is 11.1 Å². The lowest BCUT2D eigenvalue weighted by molar-refractivity contribution is 0.628. The number of hydrogen-bond acceptors (Lipinski definition) is 4. The highest BCUT2D eigenvalue weighted by molar-refractivity contribution is 6.36. The van der Waals surface area contributed by atoms with Gasteiger partial charge in [-0.3, -0.25) is 0 Å². The molecule has 24 heavy (non-hydrogen) atoms. The number of halogens is 4. The molecule has 0 unspecified atom stereocenters. The van der Waals surface area contributed by atoms with Crippen LogP contribution in [0.15, 0.2) is 42.6 Å². The Morgan fingerprint density at radius 1 is 0.958 bits per heavy atom. The molecule has 3 N–H and O–H groups in total. The maximum Gasteiger partial charge on any atom is 0.161 e. The standard InChI is InChI=1S/C16H10Cl2F2N4/c17-11-5-8(19)1-3-10(11)15-14(7-22-24-16(15)18)23-13-4-2-9(20)6-12(13)21/h1-7H,21H2,(H,23,24). The van der Waals surface area contributed by atoms with Gasteiger partial charge < -0.3 is 11.1 Å². The van der Waals surface area contributed by atoms with Gasteiger partial charge in [0.2, 0.25) is 0 Å². The summed E-state index contributed by atoms with van der Waals surface area (Å²) in [6, 6.07) is 7.84. The number of rotatable bonds is 3. The van der Waals surface area contributed by atoms with Gasteiger partial charge in [0.1, 0.15) is 11.6 Å². The van der Waals surface area contributed by atoms with Crippen LogP contribution in [0.1, 0.15) is 0 Å². The van der Waals surface area contributed by atoms with Gasteiger partial charge >= 0.3 is 0 Å². The lowest BCUT2D eigenvalue weighted by atomic mass is 10.1. The Labute approximate surface area is 146 Å². The highest BCUT2D eigenvalue weighted by Gasteiger charge is 2.16. The van der Waals surface area contributed by atoms with E-state index in [0.717, 1.165) is 0 Å². The molecule has 0 radical (unpaired) electrons. The van der Waals surface area contributed by atoms with Crippen molar-refractivity contribution in [3.8, 4) is 11.1 Å². The van der Waals surface area contributed by atoms with Crippen LogP contribution in [0.5, 0.6) is 0 Å². The number of nitrogens with two attached hydrogens (primary N) is 1. The first-order valence-corrected chi connectivity index (χ1v) is 7.50. The predicted octanol–water partition coefficient (Wildman–Crippen LogP) is 5.05. The van der Waals surface area contributed by atoms with E-state index < -0.39 is 11.6 Å². The molecule has 0 aliphatic rings. The summed E-state index contributed by atoms with van der Waals surface area (Å²) in [5.74, 6) is -0.926. The Hall–Kier alpha value is -2.44. The van der Waals surface area contributed by atoms with Gasteiger partial charge in [-0.2, -0.15) is 5.10 Å². The first-order chi connectivity index (χ1) is 11.5. The van der Waals surface area contributed by atoms with Crippen LogP contribution < -0.4 is 11.1 Å². The molecular weight excluding hydrogens is 357 g/mol. The molecule has 0 amide bonds. The smallest absolute Gasteiger partial charge is 0.161 e. The SMILES string of the molecule is Nc1cc(F)ccc1Nc1cnnc(Cl)c1-c1ccc(F)cc1Cl. The minimum absolute atomic E-state index is 0.0780. The highest BCUT2D eigenvalue weighted by atomic mass is 35.5. The first kappa shape index (κ1) is 16.4. The quantitative estimate of drug-likeness (QED) is 0.636. The largest absolute Gasteiger partial charge is 0.397 e. The van der Waals surface area contributed by atoms with Gasteiger partial charge in [-0.25, -0.2) is 8.78 Å². The molecule has 122 valence electrons. The average Bonchev–Trinajstić information content (AvgIpc) is 2.51. The third kappa shape index (κ3) is 3.25. The summed E-state index contributed by atoms with van der Waals surface area (Å²) in [7, 11) is 0. The van der Waals surface area contributed by atoms with E-state index in [4.69, 9.17) is 28.9 Å². The zero-order valence-corrected chi connectivity index (χ0v) is 13.5. The maximum absolute atomic E-state index is 13.3. The number of benzene rings is 2. The number of anilines is 3. The molecule has 0 atom stereocenters. The van der Waals surface area contributed by atoms with E-state index in [1.807, 2.05) is 0 Å². The second-order valence-corrected chi connectivity index (χ2v) is 5.67. The van der Waals surface area contributed by atoms with Gasteiger partial charge in [-0.05, 0) is 36.4 Å². The Morgan fingerprint density at radius 2 is 1.67 bits per heavy atom. The van der Waals surface area contributed by atoms with Crippen molar-refractivity contribution in [1.29, 1.82) is 0 Å². The predicted molar refractivity (Wildman–Crippen MR) is 91.5 cm³/mol. The molecule has 0 saturated carbocycles. The van der Waals surface area contributed by atoms with E-state index in [-0.39, 0.29) is 15.9 Å². The van der Waals surface area contributed by atoms with Crippen LogP contribution in [0.4, 0.5) is 25.8 Å². The summed E-state index contributed by atoms with van der Waals surface area (Å²) in [5, 5.41) is 10.8. The maximum atomic E-state index is 13.3. The molecule has 1 aromatic heterocycles. The number of hydrogen-bond donors (Lipinski definition) is 2. The molecule has 4 nitrogen and oxygen atoms in total. The first-order valence-electron chi connectivity index (χ1n) is 6.74. The van der Waals surface area contributed by atoms with E-state index in [1.54, 1.807) is 0 Å². The molecule has 0 bridgehead atoms. The Balaban J connectivity index is 2.11. The minimum atomic E-state index is -0.473. The fourth-order valence-electron chi connectivity index (χ4n) is 2.20. The average molecular weight is 367 g/mol. The van der Waals surface area contributed by atoms with E-state index in [2.05, 4.69) is 15.5 Å². The van der Waals surface area contributed by atoms with Crippen molar-refractivity contribution in [3.63, 3.8) is 0 Å². The van der Waals surface area contributed by atoms with Crippen molar-refractivity contribution in [2.24, 2.45) is 0 Å². The summed E-state index contributed by atoms with van der Waals surface area (Å²) in [4.78, 5) is 0. The van der Waals surface area contributed by atoms with Crippen LogP contribution in [0.2, 0.25) is 10.2 Å². The van der Waals surface area contributed by atoms with Gasteiger partial charge in [-0.1, -0.05) is 23.2 Å². The molecule has 1 heterocycles. The summed E-state index contributed by atoms with van der Waals surface area (Å²) < 4.78 is 26.5. The van der Waals surface area contributed by atoms with Gasteiger partial charge in [0.05, 0.1) is 28.3 Å². The van der Waals surface area contributed by atoms with Crippen LogP contribution in [-0.2, 0) is 0 Å². The van der Waals surface area contributed by atoms with Crippen molar-refractivity contribution >= 4 is 40.3 Å². The van der Waals surface area contributed by atoms with Gasteiger partial charge in [-0.15, -0.1) is 5.10 Å². The van der Waals surface area contributed by atoms with E-state index >= 15 is 0 Å². The zero-order valence-electron chi connectivity index (χ0n) is 12.0. The van der Waals surface area contributed by atoms with Gasteiger partial charge in [0, 0.05) is 11.1 Å². The molecule has 0 spiro atoms. The third-order valence-corrected chi connectivity index (χ3v) is 3.87. The van der Waals surface area contributed by atoms with Gasteiger partial charge in [0.25, 0.3) is 0 Å². The summed E-state index contributed by atoms with van der Waals surface area (Å²) in [5.41, 5.74) is 7.81. The molecule has 3 aromatic rings. The zero-order chi connectivity index (χ0) is 17.3. The fourth-order valence-corrected chi connectivity index (χ4v) is 2.71. The molecule has 0 fully saturated rings. The van der Waals surface area contributed by atoms with Crippen molar-refractivity contribution in [3.05, 3.63) is 64.4 Å². The fraction of sp³-hybridized carbons (Fsp3) is 0. The normalized spacial score (nSPS) is 10.7. The molecule has 0 aliphatic carbocycles. The van der Waals surface area contributed by atoms with Crippen LogP contribution in [0, 0.1) is 11.6 Å². The second kappa shape index (κ2) is 6.59. The lowest BCUT2D eigenvalue weighted by Crippen LogP contribution is -2.01. The van der Waals surface area contributed by atoms with Crippen molar-refractivity contribution < 1.29 is 8.78 Å². The molecule has 3 rings (SSSR count). The van der Waals surface area contributed by atoms with E-state index in [0.29, 0.717) is 22.5 Å². The highest BCUT2D eigenvalue weighted by Crippen LogP contribution is 2.39. The van der Waals surface area contributed by atoms with E-state index in [9.17, 15) is 8.78 Å². The van der Waals surface area contributed by atoms with Crippen LogP contribution in [0.25, 0.3) is 11.1 Å².